The van der Waals surface area contributed by atoms with Crippen molar-refractivity contribution in [3.05, 3.63) is 101 Å². The molecule has 0 bridgehead atoms. The van der Waals surface area contributed by atoms with Crippen LogP contribution in [-0.2, 0) is 0 Å². The summed E-state index contributed by atoms with van der Waals surface area (Å²) in [4.78, 5) is 15.1. The molecule has 0 aliphatic carbocycles. The predicted molar refractivity (Wildman–Crippen MR) is 147 cm³/mol. The number of rotatable bonds is 4. The first kappa shape index (κ1) is 22.2. The Morgan fingerprint density at radius 3 is 2.31 bits per heavy atom. The predicted octanol–water partition coefficient (Wildman–Crippen LogP) is 7.06. The lowest BCUT2D eigenvalue weighted by Crippen LogP contribution is -2.14. The maximum Gasteiger partial charge on any atom is 0.259 e. The molecular weight excluding hydrogens is 516 g/mol. The molecule has 1 amide bonds. The summed E-state index contributed by atoms with van der Waals surface area (Å²) >= 11 is 3.61. The summed E-state index contributed by atoms with van der Waals surface area (Å²) in [5.74, 6) is 0.231. The Kier molecular flexibility index (Phi) is 5.42. The molecule has 1 aromatic heterocycles. The van der Waals surface area contributed by atoms with Gasteiger partial charge < -0.3 is 10.1 Å². The molecule has 6 nitrogen and oxygen atoms in total. The van der Waals surface area contributed by atoms with Crippen LogP contribution in [0.2, 0.25) is 0 Å². The molecule has 5 aromatic carbocycles. The van der Waals surface area contributed by atoms with Crippen LogP contribution in [0.1, 0.15) is 15.9 Å². The van der Waals surface area contributed by atoms with Gasteiger partial charge in [0.1, 0.15) is 16.8 Å². The first-order valence-electron chi connectivity index (χ1n) is 11.5. The van der Waals surface area contributed by atoms with Crippen molar-refractivity contribution in [2.24, 2.45) is 0 Å². The van der Waals surface area contributed by atoms with Crippen LogP contribution >= 0.6 is 15.9 Å². The molecule has 7 heteroatoms. The number of ether oxygens (including phenoxy) is 1. The van der Waals surface area contributed by atoms with Gasteiger partial charge in [0.2, 0.25) is 0 Å². The van der Waals surface area contributed by atoms with Crippen LogP contribution in [0, 0.1) is 6.92 Å². The maximum absolute atomic E-state index is 13.4. The van der Waals surface area contributed by atoms with Gasteiger partial charge in [-0.2, -0.15) is 0 Å². The Morgan fingerprint density at radius 1 is 0.861 bits per heavy atom. The van der Waals surface area contributed by atoms with Crippen LogP contribution in [0.5, 0.6) is 5.75 Å². The van der Waals surface area contributed by atoms with Crippen LogP contribution < -0.4 is 10.1 Å². The van der Waals surface area contributed by atoms with E-state index in [9.17, 15) is 4.79 Å². The number of carbonyl (C=O) groups excluding carboxylic acids is 1. The monoisotopic (exact) mass is 536 g/mol. The fourth-order valence-electron chi connectivity index (χ4n) is 4.54. The largest absolute Gasteiger partial charge is 0.495 e. The van der Waals surface area contributed by atoms with Gasteiger partial charge in [0, 0.05) is 11.1 Å². The Labute approximate surface area is 215 Å². The molecule has 0 saturated carbocycles. The van der Waals surface area contributed by atoms with E-state index < -0.39 is 0 Å². The normalized spacial score (nSPS) is 11.3. The lowest BCUT2D eigenvalue weighted by molar-refractivity contribution is 0.102. The van der Waals surface area contributed by atoms with Gasteiger partial charge in [-0.1, -0.05) is 60.7 Å². The molecule has 0 saturated heterocycles. The molecule has 6 rings (SSSR count). The summed E-state index contributed by atoms with van der Waals surface area (Å²) in [5.41, 5.74) is 4.35. The standard InChI is InChI=1S/C29H21BrN4O2/c1-17-14-24-25(33-34(32-24)26-13-7-10-18-8-3-5-11-20(18)26)16-23(17)31-29(35)22-15-19-9-4-6-12-21(19)27(30)28(22)36-2/h3-16H,1-2H3,(H,31,35). The molecule has 1 N–H and O–H groups in total. The van der Waals surface area contributed by atoms with Gasteiger partial charge >= 0.3 is 0 Å². The summed E-state index contributed by atoms with van der Waals surface area (Å²) in [6.45, 7) is 1.94. The third-order valence-corrected chi connectivity index (χ3v) is 7.13. The second kappa shape index (κ2) is 8.77. The number of fused-ring (bicyclic) bond motifs is 3. The molecular formula is C29H21BrN4O2. The average molecular weight is 537 g/mol. The van der Waals surface area contributed by atoms with Crippen molar-refractivity contribution in [1.29, 1.82) is 0 Å². The van der Waals surface area contributed by atoms with E-state index in [2.05, 4.69) is 39.4 Å². The third kappa shape index (κ3) is 3.69. The van der Waals surface area contributed by atoms with Gasteiger partial charge in [0.15, 0.2) is 0 Å². The summed E-state index contributed by atoms with van der Waals surface area (Å²) in [7, 11) is 1.56. The zero-order valence-corrected chi connectivity index (χ0v) is 21.2. The fourth-order valence-corrected chi connectivity index (χ4v) is 5.27. The summed E-state index contributed by atoms with van der Waals surface area (Å²) in [6, 6.07) is 27.7. The zero-order chi connectivity index (χ0) is 24.8. The van der Waals surface area contributed by atoms with Crippen LogP contribution in [0.3, 0.4) is 0 Å². The van der Waals surface area contributed by atoms with E-state index in [0.717, 1.165) is 42.8 Å². The van der Waals surface area contributed by atoms with Gasteiger partial charge in [0.25, 0.3) is 5.91 Å². The Hall–Kier alpha value is -4.23. The highest BCUT2D eigenvalue weighted by Gasteiger charge is 2.19. The quantitative estimate of drug-likeness (QED) is 0.262. The topological polar surface area (TPSA) is 69.0 Å². The van der Waals surface area contributed by atoms with Crippen molar-refractivity contribution >= 4 is 60.1 Å². The number of nitrogens with one attached hydrogen (secondary N) is 1. The van der Waals surface area contributed by atoms with Gasteiger partial charge in [-0.15, -0.1) is 15.0 Å². The van der Waals surface area contributed by atoms with Gasteiger partial charge in [-0.25, -0.2) is 0 Å². The first-order chi connectivity index (χ1) is 17.5. The Balaban J connectivity index is 1.39. The zero-order valence-electron chi connectivity index (χ0n) is 19.6. The van der Waals surface area contributed by atoms with Crippen molar-refractivity contribution in [3.63, 3.8) is 0 Å². The van der Waals surface area contributed by atoms with Crippen LogP contribution in [-0.4, -0.2) is 28.0 Å². The van der Waals surface area contributed by atoms with Gasteiger partial charge in [-0.3, -0.25) is 4.79 Å². The molecule has 0 aliphatic rings. The van der Waals surface area contributed by atoms with Crippen molar-refractivity contribution in [2.45, 2.75) is 6.92 Å². The Morgan fingerprint density at radius 2 is 1.53 bits per heavy atom. The molecule has 0 radical (unpaired) electrons. The number of anilines is 1. The number of aryl methyl sites for hydroxylation is 1. The van der Waals surface area contributed by atoms with Crippen molar-refractivity contribution < 1.29 is 9.53 Å². The van der Waals surface area contributed by atoms with Crippen molar-refractivity contribution in [1.82, 2.24) is 15.0 Å². The summed E-state index contributed by atoms with van der Waals surface area (Å²) < 4.78 is 6.35. The van der Waals surface area contributed by atoms with Crippen molar-refractivity contribution in [2.75, 3.05) is 12.4 Å². The minimum Gasteiger partial charge on any atom is -0.495 e. The van der Waals surface area contributed by atoms with E-state index in [1.54, 1.807) is 11.9 Å². The smallest absolute Gasteiger partial charge is 0.259 e. The van der Waals surface area contributed by atoms with E-state index in [1.807, 2.05) is 73.7 Å². The number of hydrogen-bond acceptors (Lipinski definition) is 4. The highest BCUT2D eigenvalue weighted by atomic mass is 79.9. The van der Waals surface area contributed by atoms with Crippen LogP contribution in [0.4, 0.5) is 5.69 Å². The number of aromatic nitrogens is 3. The number of methoxy groups -OCH3 is 1. The minimum atomic E-state index is -0.262. The molecule has 1 heterocycles. The number of hydrogen-bond donors (Lipinski definition) is 1. The summed E-state index contributed by atoms with van der Waals surface area (Å²) in [5, 5.41) is 16.6. The summed E-state index contributed by atoms with van der Waals surface area (Å²) in [6.07, 6.45) is 0. The second-order valence-electron chi connectivity index (χ2n) is 8.59. The van der Waals surface area contributed by atoms with E-state index >= 15 is 0 Å². The molecule has 0 unspecified atom stereocenters. The van der Waals surface area contributed by atoms with Crippen molar-refractivity contribution in [3.8, 4) is 11.4 Å². The molecule has 0 fully saturated rings. The number of carbonyl (C=O) groups is 1. The fraction of sp³-hybridized carbons (Fsp3) is 0.0690. The number of halogens is 1. The van der Waals surface area contributed by atoms with E-state index in [-0.39, 0.29) is 5.91 Å². The molecule has 36 heavy (non-hydrogen) atoms. The van der Waals surface area contributed by atoms with Crippen LogP contribution in [0.15, 0.2) is 89.4 Å². The molecule has 0 atom stereocenters. The number of nitrogens with zero attached hydrogens (tertiary/aromatic N) is 3. The van der Waals surface area contributed by atoms with E-state index in [0.29, 0.717) is 22.5 Å². The highest BCUT2D eigenvalue weighted by Crippen LogP contribution is 2.37. The third-order valence-electron chi connectivity index (χ3n) is 6.35. The lowest BCUT2D eigenvalue weighted by atomic mass is 10.0. The van der Waals surface area contributed by atoms with E-state index in [4.69, 9.17) is 14.9 Å². The lowest BCUT2D eigenvalue weighted by Gasteiger charge is -2.14. The molecule has 176 valence electrons. The van der Waals surface area contributed by atoms with Crippen LogP contribution in [0.25, 0.3) is 38.3 Å². The molecule has 0 spiro atoms. The first-order valence-corrected chi connectivity index (χ1v) is 12.3. The van der Waals surface area contributed by atoms with Gasteiger partial charge in [-0.05, 0) is 68.8 Å². The maximum atomic E-state index is 13.4. The molecule has 6 aromatic rings. The Bertz CT molecular complexity index is 1800. The number of amides is 1. The molecule has 0 aliphatic heterocycles. The second-order valence-corrected chi connectivity index (χ2v) is 9.38. The average Bonchev–Trinajstić information content (AvgIpc) is 3.31. The number of benzene rings is 5. The highest BCUT2D eigenvalue weighted by molar-refractivity contribution is 9.10. The minimum absolute atomic E-state index is 0.262. The van der Waals surface area contributed by atoms with Gasteiger partial charge in [0.05, 0.1) is 22.8 Å². The van der Waals surface area contributed by atoms with E-state index in [1.165, 1.54) is 0 Å². The SMILES string of the molecule is COc1c(C(=O)Nc2cc3nn(-c4cccc5ccccc45)nc3cc2C)cc2ccccc2c1Br.